The van der Waals surface area contributed by atoms with Gasteiger partial charge in [0, 0.05) is 11.6 Å². The van der Waals surface area contributed by atoms with Crippen LogP contribution in [0.25, 0.3) is 11.3 Å². The number of carbonyl (C=O) groups excluding carboxylic acids is 1. The smallest absolute Gasteiger partial charge is 0.230 e. The van der Waals surface area contributed by atoms with Gasteiger partial charge in [-0.25, -0.2) is 4.98 Å². The summed E-state index contributed by atoms with van der Waals surface area (Å²) >= 11 is 1.33. The second kappa shape index (κ2) is 8.68. The van der Waals surface area contributed by atoms with Gasteiger partial charge in [-0.15, -0.1) is 0 Å². The minimum absolute atomic E-state index is 0.0210. The summed E-state index contributed by atoms with van der Waals surface area (Å²) in [7, 11) is 0. The molecule has 0 radical (unpaired) electrons. The number of aromatic nitrogens is 1. The zero-order chi connectivity index (χ0) is 17.5. The van der Waals surface area contributed by atoms with Crippen LogP contribution >= 0.6 is 11.8 Å². The van der Waals surface area contributed by atoms with E-state index >= 15 is 0 Å². The van der Waals surface area contributed by atoms with Crippen molar-refractivity contribution in [1.29, 1.82) is 5.26 Å². The average molecular weight is 351 g/mol. The van der Waals surface area contributed by atoms with Crippen LogP contribution in [0.5, 0.6) is 0 Å². The Morgan fingerprint density at radius 2 is 1.92 bits per heavy atom. The summed E-state index contributed by atoms with van der Waals surface area (Å²) in [6.45, 7) is 0. The van der Waals surface area contributed by atoms with Crippen molar-refractivity contribution < 1.29 is 4.79 Å². The van der Waals surface area contributed by atoms with Crippen molar-refractivity contribution in [3.63, 3.8) is 0 Å². The number of nitriles is 1. The molecule has 1 aliphatic rings. The lowest BCUT2D eigenvalue weighted by Crippen LogP contribution is -2.37. The summed E-state index contributed by atoms with van der Waals surface area (Å²) in [5.74, 6) is 0.309. The summed E-state index contributed by atoms with van der Waals surface area (Å²) in [5, 5.41) is 13.0. The molecule has 1 heterocycles. The summed E-state index contributed by atoms with van der Waals surface area (Å²) in [6.07, 6.45) is 5.79. The summed E-state index contributed by atoms with van der Waals surface area (Å²) < 4.78 is 0. The predicted octanol–water partition coefficient (Wildman–Crippen LogP) is 4.16. The number of pyridine rings is 1. The van der Waals surface area contributed by atoms with E-state index in [4.69, 9.17) is 0 Å². The number of amides is 1. The molecule has 1 amide bonds. The molecule has 1 saturated carbocycles. The highest BCUT2D eigenvalue weighted by molar-refractivity contribution is 8.00. The first-order chi connectivity index (χ1) is 12.3. The lowest BCUT2D eigenvalue weighted by atomic mass is 9.95. The largest absolute Gasteiger partial charge is 0.353 e. The Hall–Kier alpha value is -2.32. The van der Waals surface area contributed by atoms with Crippen molar-refractivity contribution in [3.05, 3.63) is 48.0 Å². The van der Waals surface area contributed by atoms with Gasteiger partial charge < -0.3 is 5.32 Å². The monoisotopic (exact) mass is 351 g/mol. The molecule has 1 aliphatic carbocycles. The van der Waals surface area contributed by atoms with Crippen molar-refractivity contribution in [3.8, 4) is 17.3 Å². The molecule has 1 N–H and O–H groups in total. The van der Waals surface area contributed by atoms with Gasteiger partial charge in [-0.1, -0.05) is 61.4 Å². The maximum absolute atomic E-state index is 12.2. The Bertz CT molecular complexity index is 764. The maximum atomic E-state index is 12.2. The quantitative estimate of drug-likeness (QED) is 0.822. The van der Waals surface area contributed by atoms with E-state index in [1.807, 2.05) is 36.4 Å². The normalized spacial score (nSPS) is 14.7. The van der Waals surface area contributed by atoms with Crippen molar-refractivity contribution in [2.75, 3.05) is 5.75 Å². The number of benzene rings is 1. The van der Waals surface area contributed by atoms with E-state index in [2.05, 4.69) is 16.4 Å². The number of carbonyl (C=O) groups is 1. The summed E-state index contributed by atoms with van der Waals surface area (Å²) in [6, 6.07) is 15.9. The molecule has 0 saturated heterocycles. The highest BCUT2D eigenvalue weighted by Crippen LogP contribution is 2.25. The standard InChI is InChI=1S/C20H21N3OS/c21-13-16-11-12-18(15-7-3-1-4-8-15)23-20(16)25-14-19(24)22-17-9-5-2-6-10-17/h1,3-4,7-8,11-12,17H,2,5-6,9-10,14H2,(H,22,24). The number of hydrogen-bond donors (Lipinski definition) is 1. The van der Waals surface area contributed by atoms with Gasteiger partial charge in [0.05, 0.1) is 17.0 Å². The van der Waals surface area contributed by atoms with Crippen LogP contribution in [0.1, 0.15) is 37.7 Å². The number of thioether (sulfide) groups is 1. The third-order valence-electron chi connectivity index (χ3n) is 4.36. The molecule has 128 valence electrons. The topological polar surface area (TPSA) is 65.8 Å². The minimum atomic E-state index is 0.0210. The highest BCUT2D eigenvalue weighted by Gasteiger charge is 2.16. The molecule has 25 heavy (non-hydrogen) atoms. The zero-order valence-electron chi connectivity index (χ0n) is 14.1. The predicted molar refractivity (Wildman–Crippen MR) is 100 cm³/mol. The van der Waals surface area contributed by atoms with Gasteiger partial charge in [0.15, 0.2) is 0 Å². The van der Waals surface area contributed by atoms with E-state index in [0.717, 1.165) is 24.1 Å². The SMILES string of the molecule is N#Cc1ccc(-c2ccccc2)nc1SCC(=O)NC1CCCCC1. The number of nitrogens with one attached hydrogen (secondary N) is 1. The molecule has 1 aromatic carbocycles. The van der Waals surface area contributed by atoms with E-state index in [-0.39, 0.29) is 11.7 Å². The van der Waals surface area contributed by atoms with Gasteiger partial charge in [0.25, 0.3) is 0 Å². The molecule has 3 rings (SSSR count). The zero-order valence-corrected chi connectivity index (χ0v) is 14.9. The minimum Gasteiger partial charge on any atom is -0.353 e. The molecule has 4 nitrogen and oxygen atoms in total. The van der Waals surface area contributed by atoms with Gasteiger partial charge >= 0.3 is 0 Å². The van der Waals surface area contributed by atoms with Crippen LogP contribution in [0, 0.1) is 11.3 Å². The van der Waals surface area contributed by atoms with Crippen LogP contribution in [0.4, 0.5) is 0 Å². The Kier molecular flexibility index (Phi) is 6.08. The molecule has 0 atom stereocenters. The molecular formula is C20H21N3OS. The Labute approximate surface area is 152 Å². The van der Waals surface area contributed by atoms with Crippen LogP contribution in [0.15, 0.2) is 47.5 Å². The first-order valence-electron chi connectivity index (χ1n) is 8.65. The number of rotatable bonds is 5. The third-order valence-corrected chi connectivity index (χ3v) is 5.35. The molecule has 1 fully saturated rings. The van der Waals surface area contributed by atoms with Crippen molar-refractivity contribution in [1.82, 2.24) is 10.3 Å². The third kappa shape index (κ3) is 4.83. The first kappa shape index (κ1) is 17.5. The van der Waals surface area contributed by atoms with Crippen LogP contribution in [-0.4, -0.2) is 22.7 Å². The molecule has 5 heteroatoms. The lowest BCUT2D eigenvalue weighted by molar-refractivity contribution is -0.119. The maximum Gasteiger partial charge on any atom is 0.230 e. The van der Waals surface area contributed by atoms with Crippen molar-refractivity contribution in [2.45, 2.75) is 43.2 Å². The lowest BCUT2D eigenvalue weighted by Gasteiger charge is -2.22. The van der Waals surface area contributed by atoms with Crippen LogP contribution in [0.3, 0.4) is 0 Å². The van der Waals surface area contributed by atoms with E-state index < -0.39 is 0 Å². The van der Waals surface area contributed by atoms with E-state index in [9.17, 15) is 10.1 Å². The molecule has 2 aromatic rings. The van der Waals surface area contributed by atoms with Crippen LogP contribution in [-0.2, 0) is 4.79 Å². The fourth-order valence-corrected chi connectivity index (χ4v) is 3.84. The Morgan fingerprint density at radius 3 is 2.64 bits per heavy atom. The summed E-state index contributed by atoms with van der Waals surface area (Å²) in [5.41, 5.74) is 2.32. The molecule has 0 unspecified atom stereocenters. The molecule has 0 bridgehead atoms. The Balaban J connectivity index is 1.66. The Morgan fingerprint density at radius 1 is 1.16 bits per heavy atom. The van der Waals surface area contributed by atoms with Gasteiger partial charge in [-0.2, -0.15) is 5.26 Å². The van der Waals surface area contributed by atoms with Crippen molar-refractivity contribution in [2.24, 2.45) is 0 Å². The molecule has 0 spiro atoms. The fourth-order valence-electron chi connectivity index (χ4n) is 3.06. The van der Waals surface area contributed by atoms with Crippen LogP contribution < -0.4 is 5.32 Å². The van der Waals surface area contributed by atoms with E-state index in [0.29, 0.717) is 16.6 Å². The molecule has 1 aromatic heterocycles. The van der Waals surface area contributed by atoms with E-state index in [1.165, 1.54) is 31.0 Å². The highest BCUT2D eigenvalue weighted by atomic mass is 32.2. The van der Waals surface area contributed by atoms with Crippen LogP contribution in [0.2, 0.25) is 0 Å². The number of nitrogens with zero attached hydrogens (tertiary/aromatic N) is 2. The van der Waals surface area contributed by atoms with Gasteiger partial charge in [0.1, 0.15) is 11.1 Å². The first-order valence-corrected chi connectivity index (χ1v) is 9.63. The van der Waals surface area contributed by atoms with Gasteiger partial charge in [-0.3, -0.25) is 4.79 Å². The summed E-state index contributed by atoms with van der Waals surface area (Å²) in [4.78, 5) is 16.8. The van der Waals surface area contributed by atoms with Gasteiger partial charge in [-0.05, 0) is 25.0 Å². The number of hydrogen-bond acceptors (Lipinski definition) is 4. The van der Waals surface area contributed by atoms with E-state index in [1.54, 1.807) is 6.07 Å². The second-order valence-corrected chi connectivity index (χ2v) is 7.18. The molecule has 0 aliphatic heterocycles. The average Bonchev–Trinajstić information content (AvgIpc) is 2.67. The molecular weight excluding hydrogens is 330 g/mol. The second-order valence-electron chi connectivity index (χ2n) is 6.22. The van der Waals surface area contributed by atoms with Gasteiger partial charge in [0.2, 0.25) is 5.91 Å². The fraction of sp³-hybridized carbons (Fsp3) is 0.350. The van der Waals surface area contributed by atoms with Crippen molar-refractivity contribution >= 4 is 17.7 Å².